The lowest BCUT2D eigenvalue weighted by Crippen LogP contribution is -2.43. The highest BCUT2D eigenvalue weighted by Crippen LogP contribution is 2.23. The maximum absolute atomic E-state index is 12.9. The molecular formula is C13H18BrFN2S. The smallest absolute Gasteiger partial charge is 0.171 e. The predicted molar refractivity (Wildman–Crippen MR) is 82.4 cm³/mol. The van der Waals surface area contributed by atoms with Crippen molar-refractivity contribution in [3.8, 4) is 0 Å². The number of nitrogens with one attached hydrogen (secondary N) is 2. The summed E-state index contributed by atoms with van der Waals surface area (Å²) in [7, 11) is 0. The van der Waals surface area contributed by atoms with Crippen LogP contribution in [0.1, 0.15) is 27.7 Å². The average molecular weight is 333 g/mol. The first-order valence-corrected chi connectivity index (χ1v) is 6.93. The number of halogens is 2. The maximum Gasteiger partial charge on any atom is 0.171 e. The lowest BCUT2D eigenvalue weighted by molar-refractivity contribution is 0.317. The molecule has 18 heavy (non-hydrogen) atoms. The van der Waals surface area contributed by atoms with Crippen LogP contribution in [0.25, 0.3) is 0 Å². The molecule has 1 aromatic carbocycles. The van der Waals surface area contributed by atoms with E-state index in [1.165, 1.54) is 12.1 Å². The van der Waals surface area contributed by atoms with Crippen molar-refractivity contribution in [3.05, 3.63) is 28.5 Å². The molecular weight excluding hydrogens is 315 g/mol. The molecule has 1 unspecified atom stereocenters. The molecule has 0 spiro atoms. The summed E-state index contributed by atoms with van der Waals surface area (Å²) in [5.41, 5.74) is 0.862. The van der Waals surface area contributed by atoms with E-state index < -0.39 is 0 Å². The zero-order valence-corrected chi connectivity index (χ0v) is 13.4. The van der Waals surface area contributed by atoms with Gasteiger partial charge in [-0.15, -0.1) is 0 Å². The van der Waals surface area contributed by atoms with Gasteiger partial charge in [0.05, 0.1) is 5.69 Å². The van der Waals surface area contributed by atoms with E-state index in [2.05, 4.69) is 54.3 Å². The third-order valence-corrected chi connectivity index (χ3v) is 3.70. The van der Waals surface area contributed by atoms with Gasteiger partial charge in [-0.25, -0.2) is 4.39 Å². The molecule has 2 N–H and O–H groups in total. The van der Waals surface area contributed by atoms with E-state index in [4.69, 9.17) is 12.2 Å². The molecule has 100 valence electrons. The van der Waals surface area contributed by atoms with Gasteiger partial charge in [-0.05, 0) is 58.7 Å². The van der Waals surface area contributed by atoms with Crippen LogP contribution >= 0.6 is 28.1 Å². The average Bonchev–Trinajstić information content (AvgIpc) is 2.20. The second kappa shape index (κ2) is 5.97. The Bertz CT molecular complexity index is 443. The van der Waals surface area contributed by atoms with E-state index in [0.29, 0.717) is 9.59 Å². The van der Waals surface area contributed by atoms with Crippen LogP contribution in [0, 0.1) is 11.2 Å². The summed E-state index contributed by atoms with van der Waals surface area (Å²) >= 11 is 8.53. The molecule has 0 fully saturated rings. The number of hydrogen-bond acceptors (Lipinski definition) is 1. The second-order valence-electron chi connectivity index (χ2n) is 5.31. The number of benzene rings is 1. The Kier molecular flexibility index (Phi) is 5.10. The fourth-order valence-electron chi connectivity index (χ4n) is 1.16. The van der Waals surface area contributed by atoms with Crippen molar-refractivity contribution in [2.45, 2.75) is 33.7 Å². The molecule has 1 rings (SSSR count). The highest BCUT2D eigenvalue weighted by Gasteiger charge is 2.20. The van der Waals surface area contributed by atoms with Crippen LogP contribution in [0.4, 0.5) is 10.1 Å². The molecule has 0 aliphatic heterocycles. The van der Waals surface area contributed by atoms with Gasteiger partial charge in [-0.3, -0.25) is 0 Å². The molecule has 0 saturated carbocycles. The Balaban J connectivity index is 2.65. The van der Waals surface area contributed by atoms with E-state index in [0.717, 1.165) is 5.69 Å². The Morgan fingerprint density at radius 3 is 2.50 bits per heavy atom. The van der Waals surface area contributed by atoms with E-state index in [1.807, 2.05) is 0 Å². The highest BCUT2D eigenvalue weighted by molar-refractivity contribution is 9.10. The van der Waals surface area contributed by atoms with Gasteiger partial charge < -0.3 is 10.6 Å². The fourth-order valence-corrected chi connectivity index (χ4v) is 1.90. The minimum atomic E-state index is -0.283. The van der Waals surface area contributed by atoms with Crippen LogP contribution in [-0.2, 0) is 0 Å². The predicted octanol–water partition coefficient (Wildman–Crippen LogP) is 4.31. The Labute approximate surface area is 121 Å². The molecule has 2 nitrogen and oxygen atoms in total. The third-order valence-electron chi connectivity index (χ3n) is 2.83. The third kappa shape index (κ3) is 4.53. The van der Waals surface area contributed by atoms with Gasteiger partial charge in [-0.1, -0.05) is 20.8 Å². The minimum absolute atomic E-state index is 0.117. The van der Waals surface area contributed by atoms with Crippen LogP contribution in [0.3, 0.4) is 0 Å². The maximum atomic E-state index is 12.9. The van der Waals surface area contributed by atoms with Gasteiger partial charge >= 0.3 is 0 Å². The zero-order valence-electron chi connectivity index (χ0n) is 11.0. The summed E-state index contributed by atoms with van der Waals surface area (Å²) in [5, 5.41) is 6.80. The molecule has 0 aliphatic carbocycles. The molecule has 0 saturated heterocycles. The largest absolute Gasteiger partial charge is 0.359 e. The lowest BCUT2D eigenvalue weighted by atomic mass is 9.88. The fraction of sp³-hybridized carbons (Fsp3) is 0.462. The van der Waals surface area contributed by atoms with Gasteiger partial charge in [0.15, 0.2) is 5.11 Å². The van der Waals surface area contributed by atoms with Crippen LogP contribution in [0.2, 0.25) is 0 Å². The molecule has 0 aromatic heterocycles. The van der Waals surface area contributed by atoms with E-state index in [1.54, 1.807) is 6.07 Å². The lowest BCUT2D eigenvalue weighted by Gasteiger charge is -2.29. The second-order valence-corrected chi connectivity index (χ2v) is 6.57. The van der Waals surface area contributed by atoms with E-state index in [-0.39, 0.29) is 17.3 Å². The monoisotopic (exact) mass is 332 g/mol. The van der Waals surface area contributed by atoms with Gasteiger partial charge in [0.2, 0.25) is 0 Å². The molecule has 1 aromatic rings. The van der Waals surface area contributed by atoms with Crippen molar-refractivity contribution in [1.82, 2.24) is 5.32 Å². The molecule has 1 atom stereocenters. The van der Waals surface area contributed by atoms with Gasteiger partial charge in [-0.2, -0.15) is 0 Å². The van der Waals surface area contributed by atoms with Crippen LogP contribution < -0.4 is 10.6 Å². The normalized spacial score (nSPS) is 13.0. The summed E-state index contributed by atoms with van der Waals surface area (Å²) in [6.07, 6.45) is 0. The van der Waals surface area contributed by atoms with Crippen molar-refractivity contribution in [1.29, 1.82) is 0 Å². The standard InChI is InChI=1S/C13H18BrFN2S/c1-8(13(2,3)4)16-12(18)17-11-6-5-9(15)7-10(11)14/h5-8H,1-4H3,(H2,16,17,18). The topological polar surface area (TPSA) is 24.1 Å². The van der Waals surface area contributed by atoms with Crippen molar-refractivity contribution >= 4 is 38.9 Å². The van der Waals surface area contributed by atoms with Crippen LogP contribution in [0.15, 0.2) is 22.7 Å². The summed E-state index contributed by atoms with van der Waals surface area (Å²) in [5.74, 6) is -0.283. The SMILES string of the molecule is CC(NC(=S)Nc1ccc(F)cc1Br)C(C)(C)C. The molecule has 0 bridgehead atoms. The van der Waals surface area contributed by atoms with Gasteiger partial charge in [0.1, 0.15) is 5.82 Å². The number of anilines is 1. The first-order valence-electron chi connectivity index (χ1n) is 5.72. The summed E-state index contributed by atoms with van der Waals surface area (Å²) in [6.45, 7) is 8.50. The van der Waals surface area contributed by atoms with Crippen molar-refractivity contribution < 1.29 is 4.39 Å². The minimum Gasteiger partial charge on any atom is -0.359 e. The zero-order chi connectivity index (χ0) is 13.9. The van der Waals surface area contributed by atoms with Crippen molar-refractivity contribution in [2.75, 3.05) is 5.32 Å². The number of rotatable bonds is 2. The first-order chi connectivity index (χ1) is 8.20. The van der Waals surface area contributed by atoms with Crippen molar-refractivity contribution in [2.24, 2.45) is 5.41 Å². The number of thiocarbonyl (C=S) groups is 1. The van der Waals surface area contributed by atoms with Crippen LogP contribution in [0.5, 0.6) is 0 Å². The summed E-state index contributed by atoms with van der Waals surface area (Å²) in [6, 6.07) is 4.67. The van der Waals surface area contributed by atoms with E-state index in [9.17, 15) is 4.39 Å². The van der Waals surface area contributed by atoms with E-state index >= 15 is 0 Å². The Morgan fingerprint density at radius 2 is 2.00 bits per heavy atom. The summed E-state index contributed by atoms with van der Waals surface area (Å²) < 4.78 is 13.6. The summed E-state index contributed by atoms with van der Waals surface area (Å²) in [4.78, 5) is 0. The highest BCUT2D eigenvalue weighted by atomic mass is 79.9. The molecule has 0 aliphatic rings. The number of hydrogen-bond donors (Lipinski definition) is 2. The van der Waals surface area contributed by atoms with Crippen molar-refractivity contribution in [3.63, 3.8) is 0 Å². The Hall–Kier alpha value is -0.680. The molecule has 0 radical (unpaired) electrons. The molecule has 0 amide bonds. The molecule has 0 heterocycles. The van der Waals surface area contributed by atoms with Gasteiger partial charge in [0.25, 0.3) is 0 Å². The Morgan fingerprint density at radius 1 is 1.39 bits per heavy atom. The van der Waals surface area contributed by atoms with Crippen LogP contribution in [-0.4, -0.2) is 11.2 Å². The van der Waals surface area contributed by atoms with Gasteiger partial charge in [0, 0.05) is 10.5 Å². The first kappa shape index (κ1) is 15.4. The quantitative estimate of drug-likeness (QED) is 0.789. The molecule has 5 heteroatoms.